The van der Waals surface area contributed by atoms with Crippen LogP contribution in [0.15, 0.2) is 12.1 Å². The summed E-state index contributed by atoms with van der Waals surface area (Å²) in [5.74, 6) is -5.63. The number of hydrogen-bond donors (Lipinski definition) is 2. The van der Waals surface area contributed by atoms with Gasteiger partial charge in [0, 0.05) is 31.7 Å². The highest BCUT2D eigenvalue weighted by molar-refractivity contribution is 6.31. The van der Waals surface area contributed by atoms with E-state index >= 15 is 0 Å². The third kappa shape index (κ3) is 3.83. The Hall–Kier alpha value is -0.600. The molecule has 0 radical (unpaired) electrons. The van der Waals surface area contributed by atoms with Crippen molar-refractivity contribution in [3.8, 4) is 0 Å². The molecular weight excluding hydrogens is 347 g/mol. The van der Waals surface area contributed by atoms with Crippen molar-refractivity contribution in [3.05, 3.63) is 34.4 Å². The zero-order valence-corrected chi connectivity index (χ0v) is 13.0. The summed E-state index contributed by atoms with van der Waals surface area (Å²) in [6.07, 6.45) is 0. The summed E-state index contributed by atoms with van der Waals surface area (Å²) < 4.78 is 55.8. The van der Waals surface area contributed by atoms with E-state index < -0.39 is 40.8 Å². The van der Waals surface area contributed by atoms with Crippen molar-refractivity contribution >= 4 is 24.0 Å². The van der Waals surface area contributed by atoms with E-state index in [0.717, 1.165) is 12.1 Å². The maximum Gasteiger partial charge on any atom is 0.290 e. The van der Waals surface area contributed by atoms with E-state index in [1.54, 1.807) is 0 Å². The molecule has 0 amide bonds. The Morgan fingerprint density at radius 2 is 1.77 bits per heavy atom. The molecule has 1 fully saturated rings. The molecule has 126 valence electrons. The number of nitrogens with one attached hydrogen (secondary N) is 1. The summed E-state index contributed by atoms with van der Waals surface area (Å²) >= 11 is 5.70. The smallest absolute Gasteiger partial charge is 0.290 e. The van der Waals surface area contributed by atoms with Gasteiger partial charge in [-0.25, -0.2) is 17.6 Å². The fraction of sp³-hybridized carbons (Fsp3) is 0.538. The van der Waals surface area contributed by atoms with Crippen LogP contribution in [-0.2, 0) is 0 Å². The van der Waals surface area contributed by atoms with Crippen molar-refractivity contribution < 1.29 is 22.7 Å². The van der Waals surface area contributed by atoms with Gasteiger partial charge in [0.05, 0.1) is 5.02 Å². The lowest BCUT2D eigenvalue weighted by molar-refractivity contribution is -0.119. The van der Waals surface area contributed by atoms with Gasteiger partial charge in [-0.15, -0.1) is 12.4 Å². The van der Waals surface area contributed by atoms with Crippen molar-refractivity contribution in [2.75, 3.05) is 32.8 Å². The molecule has 1 heterocycles. The van der Waals surface area contributed by atoms with Crippen LogP contribution in [0.2, 0.25) is 5.02 Å². The first-order valence-corrected chi connectivity index (χ1v) is 6.83. The highest BCUT2D eigenvalue weighted by atomic mass is 35.5. The Morgan fingerprint density at radius 1 is 1.23 bits per heavy atom. The Labute approximate surface area is 136 Å². The number of aliphatic hydroxyl groups excluding tert-OH is 1. The lowest BCUT2D eigenvalue weighted by Crippen LogP contribution is -2.51. The highest BCUT2D eigenvalue weighted by Crippen LogP contribution is 2.41. The lowest BCUT2D eigenvalue weighted by atomic mass is 9.97. The minimum Gasteiger partial charge on any atom is -0.390 e. The summed E-state index contributed by atoms with van der Waals surface area (Å²) in [5, 5.41) is 11.3. The van der Waals surface area contributed by atoms with Crippen LogP contribution in [0.3, 0.4) is 0 Å². The second-order valence-corrected chi connectivity index (χ2v) is 5.24. The van der Waals surface area contributed by atoms with Gasteiger partial charge in [0.1, 0.15) is 24.3 Å². The Morgan fingerprint density at radius 3 is 2.32 bits per heavy atom. The van der Waals surface area contributed by atoms with Gasteiger partial charge in [0.25, 0.3) is 5.92 Å². The van der Waals surface area contributed by atoms with Crippen molar-refractivity contribution in [1.82, 2.24) is 10.2 Å². The fourth-order valence-corrected chi connectivity index (χ4v) is 2.74. The molecule has 9 heteroatoms. The molecule has 3 nitrogen and oxygen atoms in total. The van der Waals surface area contributed by atoms with E-state index in [9.17, 15) is 17.6 Å². The molecule has 1 atom stereocenters. The highest BCUT2D eigenvalue weighted by Gasteiger charge is 2.46. The minimum atomic E-state index is -3.64. The molecule has 2 N–H and O–H groups in total. The molecule has 0 aliphatic carbocycles. The van der Waals surface area contributed by atoms with Gasteiger partial charge in [-0.3, -0.25) is 4.90 Å². The fourth-order valence-electron chi connectivity index (χ4n) is 2.48. The molecule has 1 aliphatic rings. The molecule has 1 aromatic rings. The van der Waals surface area contributed by atoms with Crippen molar-refractivity contribution in [2.45, 2.75) is 12.0 Å². The van der Waals surface area contributed by atoms with E-state index in [1.165, 1.54) is 4.90 Å². The van der Waals surface area contributed by atoms with Crippen LogP contribution in [0.1, 0.15) is 11.6 Å². The van der Waals surface area contributed by atoms with Crippen LogP contribution in [0.25, 0.3) is 0 Å². The summed E-state index contributed by atoms with van der Waals surface area (Å²) in [5.41, 5.74) is -0.613. The molecule has 22 heavy (non-hydrogen) atoms. The second kappa shape index (κ2) is 7.79. The summed E-state index contributed by atoms with van der Waals surface area (Å²) in [4.78, 5) is 1.30. The Balaban J connectivity index is 0.00000242. The van der Waals surface area contributed by atoms with Crippen LogP contribution in [0.4, 0.5) is 17.6 Å². The van der Waals surface area contributed by atoms with Crippen molar-refractivity contribution in [2.24, 2.45) is 0 Å². The van der Waals surface area contributed by atoms with Gasteiger partial charge in [0.15, 0.2) is 0 Å². The zero-order valence-electron chi connectivity index (χ0n) is 11.5. The first kappa shape index (κ1) is 19.4. The standard InChI is InChI=1S/C13H15ClF4N2O.ClH/c14-11-9(16)2-1-8(15)10(11)12(13(17,18)7-21)20-5-3-19-4-6-20;/h1-2,12,19,21H,3-7H2;1H/t12-;/m1./s1. The van der Waals surface area contributed by atoms with E-state index in [0.29, 0.717) is 13.1 Å². The average Bonchev–Trinajstić information content (AvgIpc) is 2.48. The van der Waals surface area contributed by atoms with Gasteiger partial charge < -0.3 is 10.4 Å². The number of nitrogens with zero attached hydrogens (tertiary/aromatic N) is 1. The number of hydrogen-bond acceptors (Lipinski definition) is 3. The molecule has 0 saturated carbocycles. The van der Waals surface area contributed by atoms with Crippen LogP contribution in [-0.4, -0.2) is 48.7 Å². The third-order valence-electron chi connectivity index (χ3n) is 3.48. The SMILES string of the molecule is Cl.OCC(F)(F)[C@@H](c1c(F)ccc(F)c1Cl)N1CCNCC1. The van der Waals surface area contributed by atoms with Gasteiger partial charge in [-0.1, -0.05) is 11.6 Å². The summed E-state index contributed by atoms with van der Waals surface area (Å²) in [6.45, 7) is -0.175. The molecule has 0 bridgehead atoms. The molecule has 2 rings (SSSR count). The average molecular weight is 363 g/mol. The largest absolute Gasteiger partial charge is 0.390 e. The lowest BCUT2D eigenvalue weighted by Gasteiger charge is -2.39. The third-order valence-corrected chi connectivity index (χ3v) is 3.86. The molecule has 0 unspecified atom stereocenters. The molecule has 1 saturated heterocycles. The van der Waals surface area contributed by atoms with Crippen molar-refractivity contribution in [3.63, 3.8) is 0 Å². The number of halogens is 6. The Bertz CT molecular complexity index is 513. The number of alkyl halides is 2. The molecule has 0 aromatic heterocycles. The normalized spacial score (nSPS) is 17.9. The maximum atomic E-state index is 14.1. The number of piperazine rings is 1. The van der Waals surface area contributed by atoms with Crippen LogP contribution < -0.4 is 5.32 Å². The first-order chi connectivity index (χ1) is 9.88. The molecular formula is C13H16Cl2F4N2O. The number of benzene rings is 1. The predicted octanol–water partition coefficient (Wildman–Crippen LogP) is 2.61. The second-order valence-electron chi connectivity index (χ2n) is 4.86. The quantitative estimate of drug-likeness (QED) is 0.638. The first-order valence-electron chi connectivity index (χ1n) is 6.45. The van der Waals surface area contributed by atoms with E-state index in [1.807, 2.05) is 0 Å². The molecule has 0 spiro atoms. The zero-order chi connectivity index (χ0) is 15.6. The Kier molecular flexibility index (Phi) is 6.88. The van der Waals surface area contributed by atoms with Gasteiger partial charge in [-0.05, 0) is 12.1 Å². The van der Waals surface area contributed by atoms with E-state index in [4.69, 9.17) is 16.7 Å². The van der Waals surface area contributed by atoms with Crippen LogP contribution in [0.5, 0.6) is 0 Å². The monoisotopic (exact) mass is 362 g/mol. The van der Waals surface area contributed by atoms with Crippen LogP contribution in [0, 0.1) is 11.6 Å². The van der Waals surface area contributed by atoms with Gasteiger partial charge in [-0.2, -0.15) is 0 Å². The summed E-state index contributed by atoms with van der Waals surface area (Å²) in [6, 6.07) is -0.264. The van der Waals surface area contributed by atoms with Crippen LogP contribution >= 0.6 is 24.0 Å². The minimum absolute atomic E-state index is 0. The van der Waals surface area contributed by atoms with E-state index in [2.05, 4.69) is 5.32 Å². The van der Waals surface area contributed by atoms with Crippen molar-refractivity contribution in [1.29, 1.82) is 0 Å². The topological polar surface area (TPSA) is 35.5 Å². The van der Waals surface area contributed by atoms with Gasteiger partial charge >= 0.3 is 0 Å². The number of rotatable bonds is 4. The molecule has 1 aromatic carbocycles. The predicted molar refractivity (Wildman–Crippen MR) is 77.8 cm³/mol. The molecule has 1 aliphatic heterocycles. The maximum absolute atomic E-state index is 14.1. The summed E-state index contributed by atoms with van der Waals surface area (Å²) in [7, 11) is 0. The number of aliphatic hydroxyl groups is 1. The van der Waals surface area contributed by atoms with Gasteiger partial charge in [0.2, 0.25) is 0 Å². The van der Waals surface area contributed by atoms with E-state index in [-0.39, 0.29) is 25.5 Å².